The van der Waals surface area contributed by atoms with Crippen LogP contribution in [0.4, 0.5) is 8.78 Å². The lowest BCUT2D eigenvalue weighted by atomic mass is 9.91. The molecule has 0 aliphatic carbocycles. The molecule has 0 radical (unpaired) electrons. The first kappa shape index (κ1) is 13.9. The zero-order valence-corrected chi connectivity index (χ0v) is 12.4. The van der Waals surface area contributed by atoms with Crippen molar-refractivity contribution in [3.8, 4) is 0 Å². The maximum atomic E-state index is 14.0. The molecule has 0 saturated carbocycles. The smallest absolute Gasteiger partial charge is 0.224 e. The van der Waals surface area contributed by atoms with E-state index in [1.54, 1.807) is 0 Å². The van der Waals surface area contributed by atoms with Gasteiger partial charge in [-0.1, -0.05) is 0 Å². The van der Waals surface area contributed by atoms with Crippen molar-refractivity contribution in [2.75, 3.05) is 13.1 Å². The fraction of sp³-hybridized carbons (Fsp3) is 0.500. The van der Waals surface area contributed by atoms with Gasteiger partial charge in [0.2, 0.25) is 5.91 Å². The minimum absolute atomic E-state index is 0.0398. The van der Waals surface area contributed by atoms with Crippen molar-refractivity contribution in [3.63, 3.8) is 0 Å². The van der Waals surface area contributed by atoms with E-state index in [2.05, 4.69) is 21.2 Å². The van der Waals surface area contributed by atoms with Gasteiger partial charge in [0.05, 0.1) is 10.4 Å². The maximum Gasteiger partial charge on any atom is 0.224 e. The van der Waals surface area contributed by atoms with Crippen LogP contribution in [0.25, 0.3) is 0 Å². The van der Waals surface area contributed by atoms with Gasteiger partial charge in [0.25, 0.3) is 0 Å². The predicted molar refractivity (Wildman–Crippen MR) is 74.0 cm³/mol. The fourth-order valence-corrected chi connectivity index (χ4v) is 3.53. The molecule has 2 saturated heterocycles. The number of nitrogens with one attached hydrogen (secondary N) is 1. The molecule has 1 N–H and O–H groups in total. The molecule has 3 rings (SSSR count). The second-order valence-corrected chi connectivity index (χ2v) is 6.21. The molecule has 0 bridgehead atoms. The van der Waals surface area contributed by atoms with Crippen LogP contribution < -0.4 is 5.32 Å². The first-order valence-corrected chi connectivity index (χ1v) is 7.51. The highest BCUT2D eigenvalue weighted by Crippen LogP contribution is 2.30. The Morgan fingerprint density at radius 3 is 3.00 bits per heavy atom. The van der Waals surface area contributed by atoms with Crippen molar-refractivity contribution >= 4 is 21.8 Å². The molecule has 108 valence electrons. The Morgan fingerprint density at radius 2 is 2.20 bits per heavy atom. The van der Waals surface area contributed by atoms with Crippen molar-refractivity contribution in [2.45, 2.75) is 25.4 Å². The summed E-state index contributed by atoms with van der Waals surface area (Å²) in [7, 11) is 0. The minimum atomic E-state index is -0.551. The lowest BCUT2D eigenvalue weighted by Crippen LogP contribution is -2.45. The molecule has 2 atom stereocenters. The van der Waals surface area contributed by atoms with Gasteiger partial charge in [-0.05, 0) is 47.4 Å². The molecule has 2 aliphatic rings. The van der Waals surface area contributed by atoms with Gasteiger partial charge in [0.1, 0.15) is 11.6 Å². The number of amides is 1. The van der Waals surface area contributed by atoms with Gasteiger partial charge in [-0.3, -0.25) is 9.69 Å². The summed E-state index contributed by atoms with van der Waals surface area (Å²) in [4.78, 5) is 13.7. The fourth-order valence-electron chi connectivity index (χ4n) is 3.15. The third-order valence-corrected chi connectivity index (χ3v) is 4.83. The molecule has 0 spiro atoms. The normalized spacial score (nSPS) is 26.4. The van der Waals surface area contributed by atoms with E-state index in [0.29, 0.717) is 6.54 Å². The Bertz CT molecular complexity index is 552. The molecule has 6 heteroatoms. The molecular weight excluding hydrogens is 330 g/mol. The topological polar surface area (TPSA) is 32.3 Å². The highest BCUT2D eigenvalue weighted by molar-refractivity contribution is 9.10. The first-order chi connectivity index (χ1) is 9.58. The van der Waals surface area contributed by atoms with E-state index in [1.165, 1.54) is 12.1 Å². The van der Waals surface area contributed by atoms with E-state index < -0.39 is 11.6 Å². The van der Waals surface area contributed by atoms with E-state index >= 15 is 0 Å². The van der Waals surface area contributed by atoms with Crippen molar-refractivity contribution < 1.29 is 13.6 Å². The number of nitrogens with zero attached hydrogens (tertiary/aromatic N) is 1. The Labute approximate surface area is 124 Å². The predicted octanol–water partition coefficient (Wildman–Crippen LogP) is 2.44. The number of hydrogen-bond acceptors (Lipinski definition) is 2. The summed E-state index contributed by atoms with van der Waals surface area (Å²) in [6.07, 6.45) is 1.74. The standard InChI is InChI=1S/C14H15BrF2N2O/c15-10-3-4-11(16)9(13(10)17)7-19-5-1-2-8-12(19)6-18-14(8)20/h3-4,8,12H,1-2,5-7H2,(H,18,20). The number of carbonyl (C=O) groups excluding carboxylic acids is 1. The average Bonchev–Trinajstić information content (AvgIpc) is 2.82. The summed E-state index contributed by atoms with van der Waals surface area (Å²) >= 11 is 3.08. The zero-order valence-electron chi connectivity index (χ0n) is 10.8. The van der Waals surface area contributed by atoms with Gasteiger partial charge in [0.15, 0.2) is 0 Å². The molecule has 3 nitrogen and oxygen atoms in total. The van der Waals surface area contributed by atoms with E-state index in [1.807, 2.05) is 4.90 Å². The second kappa shape index (κ2) is 5.41. The van der Waals surface area contributed by atoms with E-state index in [-0.39, 0.29) is 34.4 Å². The highest BCUT2D eigenvalue weighted by atomic mass is 79.9. The third kappa shape index (κ3) is 2.35. The molecule has 2 heterocycles. The summed E-state index contributed by atoms with van der Waals surface area (Å²) in [6.45, 7) is 1.54. The summed E-state index contributed by atoms with van der Waals surface area (Å²) in [6, 6.07) is 2.68. The molecule has 2 unspecified atom stereocenters. The van der Waals surface area contributed by atoms with Gasteiger partial charge in [0, 0.05) is 24.7 Å². The van der Waals surface area contributed by atoms with Gasteiger partial charge < -0.3 is 5.32 Å². The van der Waals surface area contributed by atoms with Crippen LogP contribution >= 0.6 is 15.9 Å². The SMILES string of the molecule is O=C1NCC2C1CCCN2Cc1c(F)ccc(Br)c1F. The van der Waals surface area contributed by atoms with Crippen LogP contribution in [0, 0.1) is 17.6 Å². The number of rotatable bonds is 2. The molecule has 2 aliphatic heterocycles. The van der Waals surface area contributed by atoms with Gasteiger partial charge in [-0.2, -0.15) is 0 Å². The van der Waals surface area contributed by atoms with Crippen LogP contribution in [0.2, 0.25) is 0 Å². The lowest BCUT2D eigenvalue weighted by Gasteiger charge is -2.36. The highest BCUT2D eigenvalue weighted by Gasteiger charge is 2.40. The number of carbonyl (C=O) groups is 1. The Hall–Kier alpha value is -1.01. The molecular formula is C14H15BrF2N2O. The van der Waals surface area contributed by atoms with Crippen LogP contribution in [0.15, 0.2) is 16.6 Å². The average molecular weight is 345 g/mol. The molecule has 1 aromatic carbocycles. The molecule has 1 aromatic rings. The first-order valence-electron chi connectivity index (χ1n) is 6.72. The number of halogens is 3. The molecule has 20 heavy (non-hydrogen) atoms. The van der Waals surface area contributed by atoms with E-state index in [9.17, 15) is 13.6 Å². The Morgan fingerprint density at radius 1 is 1.40 bits per heavy atom. The summed E-state index contributed by atoms with van der Waals surface area (Å²) in [5.74, 6) is -1.06. The summed E-state index contributed by atoms with van der Waals surface area (Å²) in [5.41, 5.74) is 0.0689. The van der Waals surface area contributed by atoms with E-state index in [0.717, 1.165) is 19.4 Å². The number of hydrogen-bond donors (Lipinski definition) is 1. The largest absolute Gasteiger partial charge is 0.354 e. The number of fused-ring (bicyclic) bond motifs is 1. The van der Waals surface area contributed by atoms with Crippen molar-refractivity contribution in [2.24, 2.45) is 5.92 Å². The number of piperidine rings is 1. The zero-order chi connectivity index (χ0) is 14.3. The van der Waals surface area contributed by atoms with Crippen LogP contribution in [-0.2, 0) is 11.3 Å². The van der Waals surface area contributed by atoms with Crippen molar-refractivity contribution in [1.82, 2.24) is 10.2 Å². The summed E-state index contributed by atoms with van der Waals surface area (Å²) < 4.78 is 28.1. The minimum Gasteiger partial charge on any atom is -0.354 e. The van der Waals surface area contributed by atoms with E-state index in [4.69, 9.17) is 0 Å². The van der Waals surface area contributed by atoms with Gasteiger partial charge in [-0.25, -0.2) is 8.78 Å². The molecule has 1 amide bonds. The van der Waals surface area contributed by atoms with Crippen LogP contribution in [0.1, 0.15) is 18.4 Å². The Kier molecular flexibility index (Phi) is 3.77. The second-order valence-electron chi connectivity index (χ2n) is 5.35. The van der Waals surface area contributed by atoms with Crippen LogP contribution in [0.3, 0.4) is 0 Å². The van der Waals surface area contributed by atoms with Gasteiger partial charge in [-0.15, -0.1) is 0 Å². The quantitative estimate of drug-likeness (QED) is 0.835. The van der Waals surface area contributed by atoms with Crippen LogP contribution in [-0.4, -0.2) is 29.9 Å². The monoisotopic (exact) mass is 344 g/mol. The summed E-state index contributed by atoms with van der Waals surface area (Å²) in [5, 5.41) is 2.84. The maximum absolute atomic E-state index is 14.0. The van der Waals surface area contributed by atoms with Gasteiger partial charge >= 0.3 is 0 Å². The molecule has 0 aromatic heterocycles. The third-order valence-electron chi connectivity index (χ3n) is 4.22. The van der Waals surface area contributed by atoms with Crippen molar-refractivity contribution in [3.05, 3.63) is 33.8 Å². The molecule has 2 fully saturated rings. The number of likely N-dealkylation sites (tertiary alicyclic amines) is 1. The Balaban J connectivity index is 1.84. The lowest BCUT2D eigenvalue weighted by molar-refractivity contribution is -0.124. The van der Waals surface area contributed by atoms with Crippen LogP contribution in [0.5, 0.6) is 0 Å². The number of benzene rings is 1. The van der Waals surface area contributed by atoms with Crippen molar-refractivity contribution in [1.29, 1.82) is 0 Å².